The summed E-state index contributed by atoms with van der Waals surface area (Å²) < 4.78 is 18.1. The molecule has 36 heavy (non-hydrogen) atoms. The van der Waals surface area contributed by atoms with Crippen LogP contribution in [0.25, 0.3) is 10.9 Å². The summed E-state index contributed by atoms with van der Waals surface area (Å²) in [5.41, 5.74) is 3.58. The summed E-state index contributed by atoms with van der Waals surface area (Å²) in [5.74, 6) is 1.56. The van der Waals surface area contributed by atoms with Crippen LogP contribution in [0.3, 0.4) is 0 Å². The van der Waals surface area contributed by atoms with Gasteiger partial charge in [-0.1, -0.05) is 17.7 Å². The average molecular weight is 486 g/mol. The summed E-state index contributed by atoms with van der Waals surface area (Å²) in [6.07, 6.45) is 0. The molecule has 2 N–H and O–H groups in total. The summed E-state index contributed by atoms with van der Waals surface area (Å²) in [4.78, 5) is 26.5. The fraction of sp³-hybridized carbons (Fsp3) is 0.214. The number of carbonyl (C=O) groups excluding carboxylic acids is 1. The molecule has 1 aliphatic heterocycles. The first-order valence-corrected chi connectivity index (χ1v) is 11.7. The highest BCUT2D eigenvalue weighted by atomic mass is 16.6. The maximum atomic E-state index is 13.6. The number of benzene rings is 3. The van der Waals surface area contributed by atoms with Crippen molar-refractivity contribution < 1.29 is 19.0 Å². The van der Waals surface area contributed by atoms with Crippen LogP contribution in [0.4, 0.5) is 11.4 Å². The minimum atomic E-state index is -0.318. The Labute approximate surface area is 208 Å². The number of aromatic nitrogens is 1. The van der Waals surface area contributed by atoms with Crippen molar-refractivity contribution in [3.05, 3.63) is 88.2 Å². The second kappa shape index (κ2) is 10.0. The van der Waals surface area contributed by atoms with E-state index in [-0.39, 0.29) is 18.0 Å². The Balaban J connectivity index is 1.48. The van der Waals surface area contributed by atoms with Crippen LogP contribution in [0.2, 0.25) is 0 Å². The van der Waals surface area contributed by atoms with Crippen LogP contribution >= 0.6 is 0 Å². The van der Waals surface area contributed by atoms with Gasteiger partial charge in [0.2, 0.25) is 5.91 Å². The number of fused-ring (bicyclic) bond motifs is 2. The normalized spacial score (nSPS) is 12.3. The van der Waals surface area contributed by atoms with Crippen molar-refractivity contribution in [3.8, 4) is 17.2 Å². The van der Waals surface area contributed by atoms with E-state index in [2.05, 4.69) is 10.6 Å². The van der Waals surface area contributed by atoms with Crippen LogP contribution in [0.5, 0.6) is 17.2 Å². The van der Waals surface area contributed by atoms with E-state index in [1.807, 2.05) is 43.3 Å². The number of methoxy groups -OCH3 is 1. The number of nitrogens with one attached hydrogen (secondary N) is 2. The Morgan fingerprint density at radius 2 is 1.61 bits per heavy atom. The molecule has 0 saturated heterocycles. The monoisotopic (exact) mass is 485 g/mol. The SMILES string of the molecule is COc1ccc(NC(=O)Cn2c(=O)c(CNc3ccc(C)cc3)cc3cc4c(cc32)OCCO4)cc1. The molecule has 0 unspecified atom stereocenters. The minimum absolute atomic E-state index is 0.153. The number of hydrogen-bond acceptors (Lipinski definition) is 6. The number of anilines is 2. The highest BCUT2D eigenvalue weighted by Crippen LogP contribution is 2.34. The van der Waals surface area contributed by atoms with Gasteiger partial charge in [0.1, 0.15) is 25.5 Å². The lowest BCUT2D eigenvalue weighted by molar-refractivity contribution is -0.116. The number of amides is 1. The second-order valence-electron chi connectivity index (χ2n) is 8.61. The van der Waals surface area contributed by atoms with E-state index in [1.54, 1.807) is 37.4 Å². The lowest BCUT2D eigenvalue weighted by Gasteiger charge is -2.21. The van der Waals surface area contributed by atoms with E-state index >= 15 is 0 Å². The van der Waals surface area contributed by atoms with Crippen LogP contribution in [0, 0.1) is 6.92 Å². The quantitative estimate of drug-likeness (QED) is 0.405. The summed E-state index contributed by atoms with van der Waals surface area (Å²) >= 11 is 0. The molecule has 1 aliphatic rings. The molecule has 0 atom stereocenters. The van der Waals surface area contributed by atoms with Crippen molar-refractivity contribution in [3.63, 3.8) is 0 Å². The highest BCUT2D eigenvalue weighted by molar-refractivity contribution is 5.92. The molecule has 2 heterocycles. The molecule has 1 aromatic heterocycles. The minimum Gasteiger partial charge on any atom is -0.497 e. The van der Waals surface area contributed by atoms with Gasteiger partial charge in [-0.15, -0.1) is 0 Å². The molecule has 0 saturated carbocycles. The summed E-state index contributed by atoms with van der Waals surface area (Å²) in [5, 5.41) is 6.95. The third-order valence-corrected chi connectivity index (χ3v) is 6.04. The van der Waals surface area contributed by atoms with Gasteiger partial charge in [0.25, 0.3) is 5.56 Å². The topological polar surface area (TPSA) is 90.8 Å². The summed E-state index contributed by atoms with van der Waals surface area (Å²) in [6, 6.07) is 20.5. The molecule has 0 radical (unpaired) electrons. The van der Waals surface area contributed by atoms with E-state index in [1.165, 1.54) is 4.57 Å². The third-order valence-electron chi connectivity index (χ3n) is 6.04. The van der Waals surface area contributed by atoms with Crippen molar-refractivity contribution in [1.29, 1.82) is 0 Å². The van der Waals surface area contributed by atoms with Gasteiger partial charge in [0.05, 0.1) is 12.6 Å². The number of hydrogen-bond donors (Lipinski definition) is 2. The third kappa shape index (κ3) is 4.98. The van der Waals surface area contributed by atoms with Gasteiger partial charge in [-0.05, 0) is 55.5 Å². The zero-order chi connectivity index (χ0) is 25.1. The number of rotatable bonds is 7. The highest BCUT2D eigenvalue weighted by Gasteiger charge is 2.18. The molecule has 0 fully saturated rings. The first-order chi connectivity index (χ1) is 17.5. The van der Waals surface area contributed by atoms with E-state index in [0.29, 0.717) is 53.8 Å². The predicted molar refractivity (Wildman–Crippen MR) is 139 cm³/mol. The van der Waals surface area contributed by atoms with Gasteiger partial charge in [-0.25, -0.2) is 0 Å². The van der Waals surface area contributed by atoms with E-state index in [9.17, 15) is 9.59 Å². The molecule has 0 aliphatic carbocycles. The molecule has 3 aromatic carbocycles. The zero-order valence-corrected chi connectivity index (χ0v) is 20.2. The first kappa shape index (κ1) is 23.3. The van der Waals surface area contributed by atoms with Gasteiger partial charge < -0.3 is 24.8 Å². The Kier molecular flexibility index (Phi) is 6.49. The van der Waals surface area contributed by atoms with E-state index < -0.39 is 0 Å². The van der Waals surface area contributed by atoms with Crippen LogP contribution in [0.15, 0.2) is 71.5 Å². The van der Waals surface area contributed by atoms with E-state index in [0.717, 1.165) is 16.6 Å². The van der Waals surface area contributed by atoms with Crippen LogP contribution in [-0.2, 0) is 17.9 Å². The summed E-state index contributed by atoms with van der Waals surface area (Å²) in [6.45, 7) is 3.07. The zero-order valence-electron chi connectivity index (χ0n) is 20.2. The largest absolute Gasteiger partial charge is 0.497 e. The lowest BCUT2D eigenvalue weighted by atomic mass is 10.1. The van der Waals surface area contributed by atoms with Gasteiger partial charge in [-0.3, -0.25) is 14.2 Å². The van der Waals surface area contributed by atoms with Crippen molar-refractivity contribution >= 4 is 28.2 Å². The number of pyridine rings is 1. The Morgan fingerprint density at radius 3 is 2.31 bits per heavy atom. The van der Waals surface area contributed by atoms with Crippen molar-refractivity contribution in [1.82, 2.24) is 4.57 Å². The fourth-order valence-corrected chi connectivity index (χ4v) is 4.15. The molecular formula is C28H27N3O5. The smallest absolute Gasteiger partial charge is 0.256 e. The van der Waals surface area contributed by atoms with Crippen LogP contribution < -0.4 is 30.4 Å². The first-order valence-electron chi connectivity index (χ1n) is 11.7. The molecular weight excluding hydrogens is 458 g/mol. The Hall–Kier alpha value is -4.46. The van der Waals surface area contributed by atoms with Crippen LogP contribution in [-0.4, -0.2) is 30.8 Å². The molecule has 4 aromatic rings. The number of ether oxygens (including phenoxy) is 3. The number of carbonyl (C=O) groups is 1. The molecule has 8 heteroatoms. The maximum absolute atomic E-state index is 13.6. The van der Waals surface area contributed by atoms with Crippen molar-refractivity contribution in [2.75, 3.05) is 31.0 Å². The molecule has 184 valence electrons. The Morgan fingerprint density at radius 1 is 0.944 bits per heavy atom. The molecule has 0 bridgehead atoms. The van der Waals surface area contributed by atoms with E-state index in [4.69, 9.17) is 14.2 Å². The second-order valence-corrected chi connectivity index (χ2v) is 8.61. The van der Waals surface area contributed by atoms with Gasteiger partial charge in [0.15, 0.2) is 11.5 Å². The molecule has 1 amide bonds. The van der Waals surface area contributed by atoms with Crippen molar-refractivity contribution in [2.45, 2.75) is 20.0 Å². The lowest BCUT2D eigenvalue weighted by Crippen LogP contribution is -2.31. The molecule has 5 rings (SSSR count). The fourth-order valence-electron chi connectivity index (χ4n) is 4.15. The standard InChI is InChI=1S/C28H27N3O5/c1-18-3-5-21(6-4-18)29-16-20-13-19-14-25-26(36-12-11-35-25)15-24(19)31(28(20)33)17-27(32)30-22-7-9-23(34-2)10-8-22/h3-10,13-15,29H,11-12,16-17H2,1-2H3,(H,30,32). The molecule has 0 spiro atoms. The van der Waals surface area contributed by atoms with Crippen molar-refractivity contribution in [2.24, 2.45) is 0 Å². The Bertz CT molecular complexity index is 1460. The van der Waals surface area contributed by atoms with Gasteiger partial charge in [0, 0.05) is 34.9 Å². The van der Waals surface area contributed by atoms with Gasteiger partial charge >= 0.3 is 0 Å². The summed E-state index contributed by atoms with van der Waals surface area (Å²) in [7, 11) is 1.58. The van der Waals surface area contributed by atoms with Crippen LogP contribution in [0.1, 0.15) is 11.1 Å². The maximum Gasteiger partial charge on any atom is 0.256 e. The number of aryl methyl sites for hydroxylation is 1. The average Bonchev–Trinajstić information content (AvgIpc) is 2.90. The van der Waals surface area contributed by atoms with Gasteiger partial charge in [-0.2, -0.15) is 0 Å². The predicted octanol–water partition coefficient (Wildman–Crippen LogP) is 4.34. The molecule has 8 nitrogen and oxygen atoms in total. The number of nitrogens with zero attached hydrogens (tertiary/aromatic N) is 1.